The Balaban J connectivity index is 1.67. The van der Waals surface area contributed by atoms with Crippen LogP contribution in [0, 0.1) is 12.8 Å². The van der Waals surface area contributed by atoms with Gasteiger partial charge in [-0.3, -0.25) is 9.78 Å². The predicted molar refractivity (Wildman–Crippen MR) is 107 cm³/mol. The molecule has 28 heavy (non-hydrogen) atoms. The van der Waals surface area contributed by atoms with Gasteiger partial charge >= 0.3 is 0 Å². The average Bonchev–Trinajstić information content (AvgIpc) is 2.72. The molecule has 148 valence electrons. The second kappa shape index (κ2) is 8.62. The van der Waals surface area contributed by atoms with Gasteiger partial charge < -0.3 is 0 Å². The molecule has 1 saturated heterocycles. The lowest BCUT2D eigenvalue weighted by Gasteiger charge is -2.30. The number of piperidine rings is 1. The molecule has 1 aliphatic rings. The first-order chi connectivity index (χ1) is 13.4. The highest BCUT2D eigenvalue weighted by Crippen LogP contribution is 2.24. The number of pyridine rings is 1. The number of carbonyl (C=O) groups excluding carboxylic acids is 1. The summed E-state index contributed by atoms with van der Waals surface area (Å²) in [5.74, 6) is -0.714. The fraction of sp³-hybridized carbons (Fsp3) is 0.350. The van der Waals surface area contributed by atoms with Gasteiger partial charge in [0.1, 0.15) is 0 Å². The lowest BCUT2D eigenvalue weighted by Crippen LogP contribution is -2.44. The van der Waals surface area contributed by atoms with Crippen LogP contribution in [0.15, 0.2) is 58.7 Å². The van der Waals surface area contributed by atoms with E-state index in [0.29, 0.717) is 30.8 Å². The minimum Gasteiger partial charge on any atom is -0.273 e. The SMILES string of the molecule is C/C(=N/NC(=O)[C@@H]1CCCN(S(=O)(=O)c2ccc(C)cc2)C1)c1ccccn1. The number of nitrogens with one attached hydrogen (secondary N) is 1. The molecule has 2 heterocycles. The maximum Gasteiger partial charge on any atom is 0.244 e. The monoisotopic (exact) mass is 400 g/mol. The smallest absolute Gasteiger partial charge is 0.244 e. The molecule has 0 saturated carbocycles. The normalized spacial score (nSPS) is 18.6. The number of aryl methyl sites for hydroxylation is 1. The summed E-state index contributed by atoms with van der Waals surface area (Å²) in [5, 5.41) is 4.11. The van der Waals surface area contributed by atoms with Gasteiger partial charge in [0.15, 0.2) is 0 Å². The van der Waals surface area contributed by atoms with Crippen molar-refractivity contribution in [3.8, 4) is 0 Å². The number of nitrogens with zero attached hydrogens (tertiary/aromatic N) is 3. The third kappa shape index (κ3) is 4.63. The van der Waals surface area contributed by atoms with E-state index in [0.717, 1.165) is 5.56 Å². The Kier molecular flexibility index (Phi) is 6.21. The molecule has 1 aromatic heterocycles. The van der Waals surface area contributed by atoms with Crippen molar-refractivity contribution in [3.63, 3.8) is 0 Å². The Morgan fingerprint density at radius 2 is 1.96 bits per heavy atom. The number of aromatic nitrogens is 1. The van der Waals surface area contributed by atoms with Gasteiger partial charge in [0.2, 0.25) is 15.9 Å². The van der Waals surface area contributed by atoms with Gasteiger partial charge in [-0.1, -0.05) is 23.8 Å². The molecule has 8 heteroatoms. The van der Waals surface area contributed by atoms with E-state index in [9.17, 15) is 13.2 Å². The van der Waals surface area contributed by atoms with Crippen LogP contribution in [0.2, 0.25) is 0 Å². The topological polar surface area (TPSA) is 91.7 Å². The molecule has 1 N–H and O–H groups in total. The minimum absolute atomic E-state index is 0.153. The summed E-state index contributed by atoms with van der Waals surface area (Å²) < 4.78 is 27.1. The van der Waals surface area contributed by atoms with Crippen LogP contribution in [0.1, 0.15) is 31.0 Å². The highest BCUT2D eigenvalue weighted by molar-refractivity contribution is 7.89. The first-order valence-electron chi connectivity index (χ1n) is 9.20. The summed E-state index contributed by atoms with van der Waals surface area (Å²) in [6, 6.07) is 12.2. The lowest BCUT2D eigenvalue weighted by molar-refractivity contribution is -0.126. The Hall–Kier alpha value is -2.58. The number of sulfonamides is 1. The van der Waals surface area contributed by atoms with E-state index in [1.165, 1.54) is 4.31 Å². The lowest BCUT2D eigenvalue weighted by atomic mass is 9.99. The second-order valence-electron chi connectivity index (χ2n) is 6.90. The molecular formula is C20H24N4O3S. The zero-order chi connectivity index (χ0) is 20.1. The van der Waals surface area contributed by atoms with E-state index in [-0.39, 0.29) is 17.3 Å². The number of amides is 1. The fourth-order valence-electron chi connectivity index (χ4n) is 3.10. The van der Waals surface area contributed by atoms with Crippen molar-refractivity contribution in [3.05, 3.63) is 59.9 Å². The maximum absolute atomic E-state index is 12.9. The average molecular weight is 401 g/mol. The second-order valence-corrected chi connectivity index (χ2v) is 8.84. The highest BCUT2D eigenvalue weighted by atomic mass is 32.2. The molecule has 3 rings (SSSR count). The first-order valence-corrected chi connectivity index (χ1v) is 10.6. The molecule has 2 aromatic rings. The summed E-state index contributed by atoms with van der Waals surface area (Å²) in [6.07, 6.45) is 2.92. The van der Waals surface area contributed by atoms with E-state index in [4.69, 9.17) is 0 Å². The van der Waals surface area contributed by atoms with Crippen LogP contribution in [0.5, 0.6) is 0 Å². The maximum atomic E-state index is 12.9. The Morgan fingerprint density at radius 3 is 2.64 bits per heavy atom. The number of hydrazone groups is 1. The Labute approximate surface area is 165 Å². The first kappa shape index (κ1) is 20.2. The molecule has 0 unspecified atom stereocenters. The van der Waals surface area contributed by atoms with E-state index >= 15 is 0 Å². The summed E-state index contributed by atoms with van der Waals surface area (Å²) in [5.41, 5.74) is 4.82. The van der Waals surface area contributed by atoms with Gasteiger partial charge in [-0.05, 0) is 51.0 Å². The summed E-state index contributed by atoms with van der Waals surface area (Å²) in [4.78, 5) is 17.0. The van der Waals surface area contributed by atoms with Gasteiger partial charge in [0.25, 0.3) is 0 Å². The minimum atomic E-state index is -3.61. The quantitative estimate of drug-likeness (QED) is 0.616. The summed E-state index contributed by atoms with van der Waals surface area (Å²) in [6.45, 7) is 4.24. The molecule has 1 atom stereocenters. The van der Waals surface area contributed by atoms with E-state index in [2.05, 4.69) is 15.5 Å². The number of carbonyl (C=O) groups is 1. The third-order valence-electron chi connectivity index (χ3n) is 4.78. The Bertz CT molecular complexity index is 957. The van der Waals surface area contributed by atoms with Gasteiger partial charge in [-0.25, -0.2) is 13.8 Å². The number of benzene rings is 1. The molecule has 7 nitrogen and oxygen atoms in total. The molecule has 1 aromatic carbocycles. The standard InChI is InChI=1S/C20H24N4O3S/c1-15-8-10-18(11-9-15)28(26,27)24-13-5-6-17(14-24)20(25)23-22-16(2)19-7-3-4-12-21-19/h3-4,7-12,17H,5-6,13-14H2,1-2H3,(H,23,25)/b22-16-/t17-/m1/s1. The van der Waals surface area contributed by atoms with Gasteiger partial charge in [-0.2, -0.15) is 9.41 Å². The van der Waals surface area contributed by atoms with Crippen molar-refractivity contribution < 1.29 is 13.2 Å². The largest absolute Gasteiger partial charge is 0.273 e. The number of rotatable bonds is 5. The van der Waals surface area contributed by atoms with Crippen LogP contribution in [-0.2, 0) is 14.8 Å². The van der Waals surface area contributed by atoms with Crippen LogP contribution in [0.25, 0.3) is 0 Å². The van der Waals surface area contributed by atoms with Crippen LogP contribution in [0.3, 0.4) is 0 Å². The molecule has 1 aliphatic heterocycles. The van der Waals surface area contributed by atoms with Crippen molar-refractivity contribution in [1.82, 2.24) is 14.7 Å². The molecule has 1 fully saturated rings. The zero-order valence-electron chi connectivity index (χ0n) is 16.0. The predicted octanol–water partition coefficient (Wildman–Crippen LogP) is 2.33. The van der Waals surface area contributed by atoms with Crippen molar-refractivity contribution >= 4 is 21.6 Å². The van der Waals surface area contributed by atoms with Crippen molar-refractivity contribution in [1.29, 1.82) is 0 Å². The van der Waals surface area contributed by atoms with Gasteiger partial charge in [0.05, 0.1) is 22.2 Å². The van der Waals surface area contributed by atoms with Crippen molar-refractivity contribution in [2.24, 2.45) is 11.0 Å². The van der Waals surface area contributed by atoms with Crippen LogP contribution in [-0.4, -0.2) is 42.4 Å². The van der Waals surface area contributed by atoms with Crippen molar-refractivity contribution in [2.75, 3.05) is 13.1 Å². The molecular weight excluding hydrogens is 376 g/mol. The molecule has 1 amide bonds. The van der Waals surface area contributed by atoms with Gasteiger partial charge in [0, 0.05) is 19.3 Å². The van der Waals surface area contributed by atoms with Crippen LogP contribution < -0.4 is 5.43 Å². The van der Waals surface area contributed by atoms with Crippen molar-refractivity contribution in [2.45, 2.75) is 31.6 Å². The highest BCUT2D eigenvalue weighted by Gasteiger charge is 2.33. The van der Waals surface area contributed by atoms with Gasteiger partial charge in [-0.15, -0.1) is 0 Å². The molecule has 0 bridgehead atoms. The van der Waals surface area contributed by atoms with Crippen LogP contribution >= 0.6 is 0 Å². The number of hydrogen-bond acceptors (Lipinski definition) is 5. The summed E-state index contributed by atoms with van der Waals surface area (Å²) in [7, 11) is -3.61. The fourth-order valence-corrected chi connectivity index (χ4v) is 4.62. The zero-order valence-corrected chi connectivity index (χ0v) is 16.8. The Morgan fingerprint density at radius 1 is 1.21 bits per heavy atom. The summed E-state index contributed by atoms with van der Waals surface area (Å²) >= 11 is 0. The van der Waals surface area contributed by atoms with E-state index < -0.39 is 15.9 Å². The molecule has 0 spiro atoms. The third-order valence-corrected chi connectivity index (χ3v) is 6.66. The van der Waals surface area contributed by atoms with Crippen LogP contribution in [0.4, 0.5) is 0 Å². The van der Waals surface area contributed by atoms with E-state index in [1.807, 2.05) is 19.1 Å². The van der Waals surface area contributed by atoms with E-state index in [1.54, 1.807) is 43.5 Å². The molecule has 0 radical (unpaired) electrons. The molecule has 0 aliphatic carbocycles. The number of hydrogen-bond donors (Lipinski definition) is 1.